The summed E-state index contributed by atoms with van der Waals surface area (Å²) in [6, 6.07) is 8.75. The second-order valence-electron chi connectivity index (χ2n) is 6.64. The molecular formula is C19H26N2O2. The van der Waals surface area contributed by atoms with E-state index in [1.807, 2.05) is 19.9 Å². The maximum atomic E-state index is 5.97. The number of aromatic nitrogens is 1. The SMILES string of the molecule is Cc1noc(C)c1C1CCCN1Cc1ccccc1OC(C)C. The van der Waals surface area contributed by atoms with Gasteiger partial charge in [-0.2, -0.15) is 0 Å². The molecule has 0 bridgehead atoms. The Hall–Kier alpha value is -1.81. The van der Waals surface area contributed by atoms with E-state index in [1.54, 1.807) is 0 Å². The number of benzene rings is 1. The van der Waals surface area contributed by atoms with Crippen LogP contribution in [-0.4, -0.2) is 22.7 Å². The largest absolute Gasteiger partial charge is 0.491 e. The predicted octanol–water partition coefficient (Wildman–Crippen LogP) is 4.42. The number of rotatable bonds is 5. The molecule has 1 aliphatic rings. The minimum atomic E-state index is 0.188. The molecule has 1 aliphatic heterocycles. The van der Waals surface area contributed by atoms with E-state index in [2.05, 4.69) is 42.1 Å². The van der Waals surface area contributed by atoms with Gasteiger partial charge in [0.2, 0.25) is 0 Å². The average molecular weight is 314 g/mol. The smallest absolute Gasteiger partial charge is 0.138 e. The lowest BCUT2D eigenvalue weighted by Crippen LogP contribution is -2.24. The molecule has 4 nitrogen and oxygen atoms in total. The van der Waals surface area contributed by atoms with Gasteiger partial charge in [-0.25, -0.2) is 0 Å². The summed E-state index contributed by atoms with van der Waals surface area (Å²) in [7, 11) is 0. The van der Waals surface area contributed by atoms with E-state index >= 15 is 0 Å². The monoisotopic (exact) mass is 314 g/mol. The summed E-state index contributed by atoms with van der Waals surface area (Å²) in [5.41, 5.74) is 3.54. The van der Waals surface area contributed by atoms with Crippen LogP contribution >= 0.6 is 0 Å². The van der Waals surface area contributed by atoms with Gasteiger partial charge in [-0.15, -0.1) is 0 Å². The van der Waals surface area contributed by atoms with Crippen molar-refractivity contribution in [3.05, 3.63) is 46.8 Å². The number of ether oxygens (including phenoxy) is 1. The Morgan fingerprint density at radius 2 is 2.09 bits per heavy atom. The van der Waals surface area contributed by atoms with Gasteiger partial charge in [0.05, 0.1) is 11.8 Å². The standard InChI is InChI=1S/C19H26N2O2/c1-13(2)22-18-10-6-5-8-16(18)12-21-11-7-9-17(21)19-14(3)20-23-15(19)4/h5-6,8,10,13,17H,7,9,11-12H2,1-4H3. The molecule has 4 heteroatoms. The minimum absolute atomic E-state index is 0.188. The van der Waals surface area contributed by atoms with Crippen LogP contribution in [0.2, 0.25) is 0 Å². The molecule has 2 heterocycles. The maximum Gasteiger partial charge on any atom is 0.138 e. The van der Waals surface area contributed by atoms with Gasteiger partial charge in [-0.3, -0.25) is 4.90 Å². The van der Waals surface area contributed by atoms with Crippen molar-refractivity contribution < 1.29 is 9.26 Å². The van der Waals surface area contributed by atoms with E-state index in [9.17, 15) is 0 Å². The van der Waals surface area contributed by atoms with E-state index in [0.717, 1.165) is 36.7 Å². The lowest BCUT2D eigenvalue weighted by atomic mass is 10.0. The quantitative estimate of drug-likeness (QED) is 0.819. The highest BCUT2D eigenvalue weighted by Crippen LogP contribution is 2.37. The molecule has 0 saturated carbocycles. The molecule has 1 saturated heterocycles. The van der Waals surface area contributed by atoms with Crippen LogP contribution in [0.5, 0.6) is 5.75 Å². The van der Waals surface area contributed by atoms with Gasteiger partial charge in [0, 0.05) is 23.7 Å². The molecule has 1 aromatic carbocycles. The van der Waals surface area contributed by atoms with E-state index in [-0.39, 0.29) is 6.10 Å². The highest BCUT2D eigenvalue weighted by atomic mass is 16.5. The molecule has 1 fully saturated rings. The van der Waals surface area contributed by atoms with Crippen molar-refractivity contribution in [3.8, 4) is 5.75 Å². The number of hydrogen-bond acceptors (Lipinski definition) is 4. The number of aryl methyl sites for hydroxylation is 2. The van der Waals surface area contributed by atoms with Crippen molar-refractivity contribution in [2.45, 2.75) is 59.2 Å². The Labute approximate surface area is 138 Å². The van der Waals surface area contributed by atoms with Crippen LogP contribution in [0.1, 0.15) is 55.3 Å². The highest BCUT2D eigenvalue weighted by molar-refractivity contribution is 5.34. The summed E-state index contributed by atoms with van der Waals surface area (Å²) in [6.07, 6.45) is 2.56. The molecule has 23 heavy (non-hydrogen) atoms. The van der Waals surface area contributed by atoms with E-state index in [0.29, 0.717) is 6.04 Å². The minimum Gasteiger partial charge on any atom is -0.491 e. The number of nitrogens with zero attached hydrogens (tertiary/aromatic N) is 2. The third-order valence-electron chi connectivity index (χ3n) is 4.49. The zero-order valence-electron chi connectivity index (χ0n) is 14.5. The molecule has 0 spiro atoms. The summed E-state index contributed by atoms with van der Waals surface area (Å²) in [5.74, 6) is 1.94. The summed E-state index contributed by atoms with van der Waals surface area (Å²) in [6.45, 7) is 10.2. The lowest BCUT2D eigenvalue weighted by molar-refractivity contribution is 0.219. The summed E-state index contributed by atoms with van der Waals surface area (Å²) < 4.78 is 11.4. The van der Waals surface area contributed by atoms with Gasteiger partial charge >= 0.3 is 0 Å². The molecule has 1 unspecified atom stereocenters. The second-order valence-corrected chi connectivity index (χ2v) is 6.64. The van der Waals surface area contributed by atoms with Crippen molar-refractivity contribution in [1.29, 1.82) is 0 Å². The van der Waals surface area contributed by atoms with Crippen LogP contribution in [0.15, 0.2) is 28.8 Å². The highest BCUT2D eigenvalue weighted by Gasteiger charge is 2.31. The van der Waals surface area contributed by atoms with Crippen LogP contribution in [0.4, 0.5) is 0 Å². The predicted molar refractivity (Wildman–Crippen MR) is 90.6 cm³/mol. The molecular weight excluding hydrogens is 288 g/mol. The Kier molecular flexibility index (Phi) is 4.71. The van der Waals surface area contributed by atoms with E-state index < -0.39 is 0 Å². The first-order valence-corrected chi connectivity index (χ1v) is 8.47. The zero-order chi connectivity index (χ0) is 16.4. The average Bonchev–Trinajstić information content (AvgIpc) is 3.07. The summed E-state index contributed by atoms with van der Waals surface area (Å²) in [4.78, 5) is 2.52. The Morgan fingerprint density at radius 3 is 2.78 bits per heavy atom. The normalized spacial score (nSPS) is 18.7. The molecule has 0 N–H and O–H groups in total. The first kappa shape index (κ1) is 16.1. The zero-order valence-corrected chi connectivity index (χ0v) is 14.5. The topological polar surface area (TPSA) is 38.5 Å². The molecule has 0 amide bonds. The first-order valence-electron chi connectivity index (χ1n) is 8.47. The number of hydrogen-bond donors (Lipinski definition) is 0. The number of para-hydroxylation sites is 1. The number of likely N-dealkylation sites (tertiary alicyclic amines) is 1. The van der Waals surface area contributed by atoms with Gasteiger partial charge < -0.3 is 9.26 Å². The molecule has 1 atom stereocenters. The fourth-order valence-corrected chi connectivity index (χ4v) is 3.53. The van der Waals surface area contributed by atoms with E-state index in [1.165, 1.54) is 17.5 Å². The van der Waals surface area contributed by atoms with Crippen molar-refractivity contribution in [2.75, 3.05) is 6.54 Å². The van der Waals surface area contributed by atoms with Crippen molar-refractivity contribution >= 4 is 0 Å². The van der Waals surface area contributed by atoms with Crippen molar-refractivity contribution in [2.24, 2.45) is 0 Å². The van der Waals surface area contributed by atoms with Gasteiger partial charge in [0.15, 0.2) is 0 Å². The van der Waals surface area contributed by atoms with Crippen LogP contribution in [-0.2, 0) is 6.54 Å². The van der Waals surface area contributed by atoms with Crippen LogP contribution in [0.3, 0.4) is 0 Å². The van der Waals surface area contributed by atoms with Gasteiger partial charge in [-0.05, 0) is 53.1 Å². The molecule has 2 aromatic rings. The molecule has 124 valence electrons. The maximum absolute atomic E-state index is 5.97. The van der Waals surface area contributed by atoms with Crippen LogP contribution in [0, 0.1) is 13.8 Å². The van der Waals surface area contributed by atoms with Crippen molar-refractivity contribution in [3.63, 3.8) is 0 Å². The third-order valence-corrected chi connectivity index (χ3v) is 4.49. The van der Waals surface area contributed by atoms with E-state index in [4.69, 9.17) is 9.26 Å². The molecule has 3 rings (SSSR count). The second kappa shape index (κ2) is 6.75. The lowest BCUT2D eigenvalue weighted by Gasteiger charge is -2.26. The molecule has 1 aromatic heterocycles. The fraction of sp³-hybridized carbons (Fsp3) is 0.526. The summed E-state index contributed by atoms with van der Waals surface area (Å²) >= 11 is 0. The van der Waals surface area contributed by atoms with Gasteiger partial charge in [0.25, 0.3) is 0 Å². The van der Waals surface area contributed by atoms with Crippen molar-refractivity contribution in [1.82, 2.24) is 10.1 Å². The Bertz CT molecular complexity index is 644. The molecule has 0 radical (unpaired) electrons. The Balaban J connectivity index is 1.82. The van der Waals surface area contributed by atoms with Crippen LogP contribution in [0.25, 0.3) is 0 Å². The molecule has 0 aliphatic carbocycles. The van der Waals surface area contributed by atoms with Crippen LogP contribution < -0.4 is 4.74 Å². The summed E-state index contributed by atoms with van der Waals surface area (Å²) in [5, 5.41) is 4.13. The Morgan fingerprint density at radius 1 is 1.30 bits per heavy atom. The first-order chi connectivity index (χ1) is 11.1. The fourth-order valence-electron chi connectivity index (χ4n) is 3.53. The third kappa shape index (κ3) is 3.42. The van der Waals surface area contributed by atoms with Gasteiger partial charge in [0.1, 0.15) is 11.5 Å². The van der Waals surface area contributed by atoms with Gasteiger partial charge in [-0.1, -0.05) is 23.4 Å².